The molecule has 30 heavy (non-hydrogen) atoms. The van der Waals surface area contributed by atoms with E-state index in [4.69, 9.17) is 0 Å². The fraction of sp³-hybridized carbons (Fsp3) is 0.250. The van der Waals surface area contributed by atoms with Crippen molar-refractivity contribution in [1.29, 1.82) is 0 Å². The molecule has 1 aromatic heterocycles. The average Bonchev–Trinajstić information content (AvgIpc) is 3.13. The van der Waals surface area contributed by atoms with Gasteiger partial charge in [-0.25, -0.2) is 18.2 Å². The Morgan fingerprint density at radius 2 is 1.77 bits per heavy atom. The first-order valence-electron chi connectivity index (χ1n) is 9.17. The molecule has 0 aliphatic carbocycles. The third kappa shape index (κ3) is 3.88. The Morgan fingerprint density at radius 3 is 2.50 bits per heavy atom. The van der Waals surface area contributed by atoms with Gasteiger partial charge in [0.2, 0.25) is 0 Å². The molecule has 0 saturated carbocycles. The SMILES string of the molecule is CN1CCN(C(=O)c2ccc3nc(NC(=O)c4ccc(F)c(F)c4F)sc3c2)CC1. The summed E-state index contributed by atoms with van der Waals surface area (Å²) in [6.07, 6.45) is 0. The fourth-order valence-corrected chi connectivity index (χ4v) is 4.07. The van der Waals surface area contributed by atoms with Gasteiger partial charge in [-0.2, -0.15) is 0 Å². The zero-order valence-corrected chi connectivity index (χ0v) is 16.7. The number of thiazole rings is 1. The van der Waals surface area contributed by atoms with E-state index in [1.807, 2.05) is 7.05 Å². The van der Waals surface area contributed by atoms with Crippen LogP contribution >= 0.6 is 11.3 Å². The number of hydrogen-bond acceptors (Lipinski definition) is 5. The van der Waals surface area contributed by atoms with Crippen molar-refractivity contribution in [3.8, 4) is 0 Å². The second kappa shape index (κ2) is 8.04. The molecule has 1 aliphatic rings. The minimum Gasteiger partial charge on any atom is -0.336 e. The number of carbonyl (C=O) groups excluding carboxylic acids is 2. The second-order valence-electron chi connectivity index (χ2n) is 6.97. The Kier molecular flexibility index (Phi) is 5.44. The van der Waals surface area contributed by atoms with Gasteiger partial charge < -0.3 is 9.80 Å². The van der Waals surface area contributed by atoms with E-state index in [2.05, 4.69) is 15.2 Å². The number of hydrogen-bond donors (Lipinski definition) is 1. The lowest BCUT2D eigenvalue weighted by atomic mass is 10.1. The monoisotopic (exact) mass is 434 g/mol. The van der Waals surface area contributed by atoms with E-state index in [0.717, 1.165) is 30.5 Å². The van der Waals surface area contributed by atoms with E-state index in [1.165, 1.54) is 0 Å². The van der Waals surface area contributed by atoms with Crippen LogP contribution in [0.3, 0.4) is 0 Å². The van der Waals surface area contributed by atoms with Crippen LogP contribution in [0.1, 0.15) is 20.7 Å². The highest BCUT2D eigenvalue weighted by Crippen LogP contribution is 2.28. The molecule has 156 valence electrons. The summed E-state index contributed by atoms with van der Waals surface area (Å²) in [6.45, 7) is 2.92. The van der Waals surface area contributed by atoms with E-state index in [0.29, 0.717) is 34.9 Å². The standard InChI is InChI=1S/C20H17F3N4O2S/c1-26-6-8-27(9-7-26)19(29)11-2-5-14-15(10-11)30-20(24-14)25-18(28)12-3-4-13(21)17(23)16(12)22/h2-5,10H,6-9H2,1H3,(H,24,25,28). The number of amides is 2. The van der Waals surface area contributed by atoms with Gasteiger partial charge in [-0.15, -0.1) is 0 Å². The molecule has 4 rings (SSSR count). The predicted octanol–water partition coefficient (Wildman–Crippen LogP) is 3.35. The molecule has 6 nitrogen and oxygen atoms in total. The number of nitrogens with zero attached hydrogens (tertiary/aromatic N) is 3. The van der Waals surface area contributed by atoms with Crippen molar-refractivity contribution >= 4 is 38.5 Å². The van der Waals surface area contributed by atoms with Gasteiger partial charge in [0.25, 0.3) is 11.8 Å². The number of aromatic nitrogens is 1. The zero-order chi connectivity index (χ0) is 21.4. The Morgan fingerprint density at radius 1 is 1.03 bits per heavy atom. The van der Waals surface area contributed by atoms with Crippen molar-refractivity contribution in [1.82, 2.24) is 14.8 Å². The highest BCUT2D eigenvalue weighted by atomic mass is 32.1. The lowest BCUT2D eigenvalue weighted by Gasteiger charge is -2.32. The van der Waals surface area contributed by atoms with Crippen molar-refractivity contribution in [3.63, 3.8) is 0 Å². The number of likely N-dealkylation sites (N-methyl/N-ethyl adjacent to an activating group) is 1. The average molecular weight is 434 g/mol. The molecule has 10 heteroatoms. The lowest BCUT2D eigenvalue weighted by Crippen LogP contribution is -2.47. The van der Waals surface area contributed by atoms with Gasteiger partial charge in [0.05, 0.1) is 15.8 Å². The van der Waals surface area contributed by atoms with E-state index < -0.39 is 28.9 Å². The van der Waals surface area contributed by atoms with E-state index in [-0.39, 0.29) is 11.0 Å². The summed E-state index contributed by atoms with van der Waals surface area (Å²) in [7, 11) is 2.01. The summed E-state index contributed by atoms with van der Waals surface area (Å²) in [5.74, 6) is -5.67. The summed E-state index contributed by atoms with van der Waals surface area (Å²) >= 11 is 1.10. The van der Waals surface area contributed by atoms with Crippen LogP contribution in [0.15, 0.2) is 30.3 Å². The third-order valence-electron chi connectivity index (χ3n) is 4.93. The second-order valence-corrected chi connectivity index (χ2v) is 8.00. The van der Waals surface area contributed by atoms with Gasteiger partial charge in [-0.1, -0.05) is 11.3 Å². The molecule has 0 unspecified atom stereocenters. The molecule has 1 N–H and O–H groups in total. The maximum absolute atomic E-state index is 13.8. The van der Waals surface area contributed by atoms with Crippen LogP contribution in [0, 0.1) is 17.5 Å². The van der Waals surface area contributed by atoms with Crippen LogP contribution in [0.2, 0.25) is 0 Å². The molecule has 1 fully saturated rings. The molecule has 0 bridgehead atoms. The first-order chi connectivity index (χ1) is 14.3. The van der Waals surface area contributed by atoms with E-state index in [9.17, 15) is 22.8 Å². The molecular formula is C20H17F3N4O2S. The molecule has 0 radical (unpaired) electrons. The minimum absolute atomic E-state index is 0.0761. The summed E-state index contributed by atoms with van der Waals surface area (Å²) < 4.78 is 40.9. The van der Waals surface area contributed by atoms with E-state index >= 15 is 0 Å². The van der Waals surface area contributed by atoms with Crippen molar-refractivity contribution in [3.05, 3.63) is 58.9 Å². The molecule has 1 saturated heterocycles. The normalized spacial score (nSPS) is 14.9. The molecular weight excluding hydrogens is 417 g/mol. The Balaban J connectivity index is 1.53. The van der Waals surface area contributed by atoms with Crippen LogP contribution in [0.4, 0.5) is 18.3 Å². The smallest absolute Gasteiger partial charge is 0.260 e. The Labute approximate surface area is 173 Å². The number of piperazine rings is 1. The third-order valence-corrected chi connectivity index (χ3v) is 5.86. The maximum atomic E-state index is 13.8. The number of anilines is 1. The molecule has 2 amide bonds. The molecule has 0 spiro atoms. The first kappa shape index (κ1) is 20.3. The molecule has 3 aromatic rings. The number of nitrogens with one attached hydrogen (secondary N) is 1. The van der Waals surface area contributed by atoms with Crippen molar-refractivity contribution in [2.24, 2.45) is 0 Å². The molecule has 2 aromatic carbocycles. The van der Waals surface area contributed by atoms with Crippen molar-refractivity contribution < 1.29 is 22.8 Å². The van der Waals surface area contributed by atoms with Gasteiger partial charge >= 0.3 is 0 Å². The zero-order valence-electron chi connectivity index (χ0n) is 15.9. The number of halogens is 3. The number of carbonyl (C=O) groups is 2. The van der Waals surface area contributed by atoms with Gasteiger partial charge in [0.1, 0.15) is 0 Å². The summed E-state index contributed by atoms with van der Waals surface area (Å²) in [5.41, 5.74) is 0.440. The quantitative estimate of drug-likeness (QED) is 0.642. The minimum atomic E-state index is -1.71. The highest BCUT2D eigenvalue weighted by molar-refractivity contribution is 7.22. The fourth-order valence-electron chi connectivity index (χ4n) is 3.17. The van der Waals surface area contributed by atoms with Crippen molar-refractivity contribution in [2.75, 3.05) is 38.5 Å². The van der Waals surface area contributed by atoms with Crippen LogP contribution in [0.5, 0.6) is 0 Å². The number of benzene rings is 2. The molecule has 0 atom stereocenters. The molecule has 2 heterocycles. The summed E-state index contributed by atoms with van der Waals surface area (Å²) in [6, 6.07) is 6.58. The van der Waals surface area contributed by atoms with Gasteiger partial charge in [-0.3, -0.25) is 14.9 Å². The Hall–Kier alpha value is -2.98. The maximum Gasteiger partial charge on any atom is 0.260 e. The van der Waals surface area contributed by atoms with Gasteiger partial charge in [0.15, 0.2) is 22.6 Å². The topological polar surface area (TPSA) is 65.5 Å². The number of fused-ring (bicyclic) bond motifs is 1. The Bertz CT molecular complexity index is 1140. The van der Waals surface area contributed by atoms with Gasteiger partial charge in [0, 0.05) is 31.7 Å². The van der Waals surface area contributed by atoms with Gasteiger partial charge in [-0.05, 0) is 37.4 Å². The van der Waals surface area contributed by atoms with Crippen LogP contribution in [0.25, 0.3) is 10.2 Å². The first-order valence-corrected chi connectivity index (χ1v) is 9.98. The summed E-state index contributed by atoms with van der Waals surface area (Å²) in [4.78, 5) is 33.2. The van der Waals surface area contributed by atoms with Crippen LogP contribution in [-0.2, 0) is 0 Å². The number of rotatable bonds is 3. The van der Waals surface area contributed by atoms with E-state index in [1.54, 1.807) is 23.1 Å². The van der Waals surface area contributed by atoms with Crippen molar-refractivity contribution in [2.45, 2.75) is 0 Å². The lowest BCUT2D eigenvalue weighted by molar-refractivity contribution is 0.0664. The predicted molar refractivity (Wildman–Crippen MR) is 107 cm³/mol. The summed E-state index contributed by atoms with van der Waals surface area (Å²) in [5, 5.41) is 2.55. The van der Waals surface area contributed by atoms with Crippen LogP contribution < -0.4 is 5.32 Å². The highest BCUT2D eigenvalue weighted by Gasteiger charge is 2.22. The largest absolute Gasteiger partial charge is 0.336 e. The molecule has 1 aliphatic heterocycles. The van der Waals surface area contributed by atoms with Crippen LogP contribution in [-0.4, -0.2) is 59.8 Å².